The third-order valence-electron chi connectivity index (χ3n) is 4.82. The number of rotatable bonds is 5. The van der Waals surface area contributed by atoms with Gasteiger partial charge in [0.05, 0.1) is 5.56 Å². The second-order valence-corrected chi connectivity index (χ2v) is 6.86. The van der Waals surface area contributed by atoms with E-state index in [1.165, 1.54) is 4.90 Å². The summed E-state index contributed by atoms with van der Waals surface area (Å²) in [5.41, 5.74) is -0.775. The summed E-state index contributed by atoms with van der Waals surface area (Å²) in [5.74, 6) is -0.925. The summed E-state index contributed by atoms with van der Waals surface area (Å²) >= 11 is 0. The number of hydrogen-bond donors (Lipinski definition) is 1. The number of urea groups is 1. The molecule has 1 aromatic carbocycles. The van der Waals surface area contributed by atoms with Crippen molar-refractivity contribution in [3.05, 3.63) is 35.9 Å². The molecule has 2 aliphatic heterocycles. The first-order chi connectivity index (χ1) is 12.5. The van der Waals surface area contributed by atoms with Crippen molar-refractivity contribution < 1.29 is 19.2 Å². The van der Waals surface area contributed by atoms with E-state index in [2.05, 4.69) is 5.32 Å². The molecule has 2 heterocycles. The summed E-state index contributed by atoms with van der Waals surface area (Å²) in [6, 6.07) is 7.89. The first kappa shape index (κ1) is 18.3. The Morgan fingerprint density at radius 3 is 2.46 bits per heavy atom. The van der Waals surface area contributed by atoms with Crippen molar-refractivity contribution in [3.63, 3.8) is 0 Å². The van der Waals surface area contributed by atoms with E-state index in [0.29, 0.717) is 38.0 Å². The molecule has 0 bridgehead atoms. The lowest BCUT2D eigenvalue weighted by Gasteiger charge is -2.36. The Morgan fingerprint density at radius 2 is 1.85 bits per heavy atom. The molecule has 8 heteroatoms. The summed E-state index contributed by atoms with van der Waals surface area (Å²) in [7, 11) is 3.75. The van der Waals surface area contributed by atoms with Crippen molar-refractivity contribution in [2.24, 2.45) is 0 Å². The Morgan fingerprint density at radius 1 is 1.19 bits per heavy atom. The lowest BCUT2D eigenvalue weighted by Crippen LogP contribution is -2.56. The van der Waals surface area contributed by atoms with Gasteiger partial charge in [0, 0.05) is 13.1 Å². The molecule has 2 saturated heterocycles. The van der Waals surface area contributed by atoms with E-state index in [1.54, 1.807) is 30.3 Å². The number of amides is 3. The van der Waals surface area contributed by atoms with Gasteiger partial charge < -0.3 is 15.1 Å². The monoisotopic (exact) mass is 360 g/mol. The van der Waals surface area contributed by atoms with Crippen LogP contribution in [0.1, 0.15) is 23.2 Å². The number of nitrogens with one attached hydrogen (secondary N) is 1. The van der Waals surface area contributed by atoms with Crippen LogP contribution in [0.4, 0.5) is 4.79 Å². The van der Waals surface area contributed by atoms with Gasteiger partial charge >= 0.3 is 12.0 Å². The molecular weight excluding hydrogens is 336 g/mol. The van der Waals surface area contributed by atoms with Crippen LogP contribution in [0.5, 0.6) is 0 Å². The topological polar surface area (TPSA) is 82.2 Å². The minimum absolute atomic E-state index is 0.263. The number of likely N-dealkylation sites (N-methyl/N-ethyl adjacent to an activating group) is 1. The number of piperidine rings is 1. The minimum atomic E-state index is -1.11. The van der Waals surface area contributed by atoms with Gasteiger partial charge in [-0.3, -0.25) is 9.69 Å². The van der Waals surface area contributed by atoms with Crippen molar-refractivity contribution in [2.45, 2.75) is 18.4 Å². The van der Waals surface area contributed by atoms with E-state index in [9.17, 15) is 14.4 Å². The molecule has 1 aromatic rings. The average molecular weight is 360 g/mol. The number of imide groups is 1. The summed E-state index contributed by atoms with van der Waals surface area (Å²) in [4.78, 5) is 47.0. The van der Waals surface area contributed by atoms with Crippen LogP contribution >= 0.6 is 0 Å². The van der Waals surface area contributed by atoms with E-state index in [-0.39, 0.29) is 12.5 Å². The summed E-state index contributed by atoms with van der Waals surface area (Å²) in [6.45, 7) is 1.98. The molecule has 1 spiro atoms. The molecule has 1 N–H and O–H groups in total. The third-order valence-corrected chi connectivity index (χ3v) is 4.82. The highest BCUT2D eigenvalue weighted by Crippen LogP contribution is 2.36. The SMILES string of the molecule is CN(C)CCN1C(=O)N(OC(=O)c2ccccc2)C2(CCNCC2)C1=O. The highest BCUT2D eigenvalue weighted by atomic mass is 16.7. The maximum atomic E-state index is 13.1. The zero-order valence-electron chi connectivity index (χ0n) is 15.1. The fraction of sp³-hybridized carbons (Fsp3) is 0.500. The van der Waals surface area contributed by atoms with Crippen LogP contribution in [0.25, 0.3) is 0 Å². The third kappa shape index (κ3) is 3.30. The molecular formula is C18H24N4O4. The molecule has 3 amide bonds. The lowest BCUT2D eigenvalue weighted by atomic mass is 9.88. The van der Waals surface area contributed by atoms with Crippen molar-refractivity contribution in [1.82, 2.24) is 20.2 Å². The van der Waals surface area contributed by atoms with Crippen molar-refractivity contribution in [2.75, 3.05) is 40.3 Å². The molecule has 0 atom stereocenters. The number of benzene rings is 1. The zero-order chi connectivity index (χ0) is 18.7. The van der Waals surface area contributed by atoms with Gasteiger partial charge in [0.1, 0.15) is 0 Å². The average Bonchev–Trinajstić information content (AvgIpc) is 2.83. The molecule has 0 radical (unpaired) electrons. The maximum absolute atomic E-state index is 13.1. The number of hydroxylamine groups is 2. The molecule has 2 aliphatic rings. The molecule has 0 unspecified atom stereocenters. The molecule has 26 heavy (non-hydrogen) atoms. The Hall–Kier alpha value is -2.45. The van der Waals surface area contributed by atoms with Crippen LogP contribution in [0.2, 0.25) is 0 Å². The molecule has 0 aliphatic carbocycles. The molecule has 0 saturated carbocycles. The van der Waals surface area contributed by atoms with Gasteiger partial charge in [0.25, 0.3) is 5.91 Å². The van der Waals surface area contributed by atoms with Gasteiger partial charge in [0.2, 0.25) is 0 Å². The van der Waals surface area contributed by atoms with Crippen molar-refractivity contribution >= 4 is 17.9 Å². The smallest absolute Gasteiger partial charge is 0.330 e. The van der Waals surface area contributed by atoms with Crippen LogP contribution in [0, 0.1) is 0 Å². The number of nitrogens with zero attached hydrogens (tertiary/aromatic N) is 3. The second-order valence-electron chi connectivity index (χ2n) is 6.86. The van der Waals surface area contributed by atoms with Gasteiger partial charge in [-0.25, -0.2) is 9.59 Å². The molecule has 140 valence electrons. The van der Waals surface area contributed by atoms with Gasteiger partial charge in [-0.2, -0.15) is 0 Å². The van der Waals surface area contributed by atoms with E-state index >= 15 is 0 Å². The largest absolute Gasteiger partial charge is 0.363 e. The molecule has 3 rings (SSSR count). The van der Waals surface area contributed by atoms with Gasteiger partial charge in [0.15, 0.2) is 5.54 Å². The number of hydrogen-bond acceptors (Lipinski definition) is 6. The fourth-order valence-electron chi connectivity index (χ4n) is 3.31. The first-order valence-corrected chi connectivity index (χ1v) is 8.75. The predicted molar refractivity (Wildman–Crippen MR) is 94.2 cm³/mol. The Bertz CT molecular complexity index is 686. The highest BCUT2D eigenvalue weighted by molar-refractivity contribution is 6.07. The summed E-state index contributed by atoms with van der Waals surface area (Å²) in [5, 5.41) is 4.20. The number of carbonyl (C=O) groups is 3. The standard InChI is InChI=1S/C18H24N4O4/c1-20(2)12-13-21-16(24)18(8-10-19-11-9-18)22(17(21)25)26-15(23)14-6-4-3-5-7-14/h3-7,19H,8-13H2,1-2H3. The van der Waals surface area contributed by atoms with E-state index in [1.807, 2.05) is 19.0 Å². The second kappa shape index (κ2) is 7.43. The highest BCUT2D eigenvalue weighted by Gasteiger charge is 2.59. The Balaban J connectivity index is 1.86. The first-order valence-electron chi connectivity index (χ1n) is 8.75. The van der Waals surface area contributed by atoms with Crippen LogP contribution < -0.4 is 5.32 Å². The lowest BCUT2D eigenvalue weighted by molar-refractivity contribution is -0.154. The van der Waals surface area contributed by atoms with Gasteiger partial charge in [-0.15, -0.1) is 5.06 Å². The molecule has 8 nitrogen and oxygen atoms in total. The van der Waals surface area contributed by atoms with E-state index in [4.69, 9.17) is 4.84 Å². The molecule has 0 aromatic heterocycles. The van der Waals surface area contributed by atoms with Crippen molar-refractivity contribution in [3.8, 4) is 0 Å². The predicted octanol–water partition coefficient (Wildman–Crippen LogP) is 0.706. The van der Waals surface area contributed by atoms with Crippen molar-refractivity contribution in [1.29, 1.82) is 0 Å². The summed E-state index contributed by atoms with van der Waals surface area (Å²) < 4.78 is 0. The van der Waals surface area contributed by atoms with Gasteiger partial charge in [-0.05, 0) is 52.2 Å². The summed E-state index contributed by atoms with van der Waals surface area (Å²) in [6.07, 6.45) is 0.830. The zero-order valence-corrected chi connectivity index (χ0v) is 15.1. The quantitative estimate of drug-likeness (QED) is 0.779. The normalized spacial score (nSPS) is 19.5. The van der Waals surface area contributed by atoms with Crippen LogP contribution in [-0.4, -0.2) is 78.6 Å². The Labute approximate surface area is 152 Å². The van der Waals surface area contributed by atoms with E-state index < -0.39 is 17.5 Å². The van der Waals surface area contributed by atoms with E-state index in [0.717, 1.165) is 5.06 Å². The molecule has 2 fully saturated rings. The van der Waals surface area contributed by atoms with Crippen LogP contribution in [0.15, 0.2) is 30.3 Å². The van der Waals surface area contributed by atoms with Crippen LogP contribution in [-0.2, 0) is 9.63 Å². The minimum Gasteiger partial charge on any atom is -0.330 e. The Kier molecular flexibility index (Phi) is 5.24. The maximum Gasteiger partial charge on any atom is 0.363 e. The van der Waals surface area contributed by atoms with Crippen LogP contribution in [0.3, 0.4) is 0 Å². The number of carbonyl (C=O) groups excluding carboxylic acids is 3. The fourth-order valence-corrected chi connectivity index (χ4v) is 3.31. The van der Waals surface area contributed by atoms with Gasteiger partial charge in [-0.1, -0.05) is 18.2 Å².